The van der Waals surface area contributed by atoms with E-state index in [2.05, 4.69) is 38.0 Å². The molecular formula is C15H30N2O2. The molecule has 0 radical (unpaired) electrons. The summed E-state index contributed by atoms with van der Waals surface area (Å²) in [6.07, 6.45) is 3.07. The van der Waals surface area contributed by atoms with Gasteiger partial charge in [-0.1, -0.05) is 13.8 Å². The van der Waals surface area contributed by atoms with Gasteiger partial charge in [-0.15, -0.1) is 0 Å². The summed E-state index contributed by atoms with van der Waals surface area (Å²) in [4.78, 5) is 2.35. The van der Waals surface area contributed by atoms with E-state index in [0.29, 0.717) is 18.2 Å². The van der Waals surface area contributed by atoms with Gasteiger partial charge in [-0.25, -0.2) is 0 Å². The molecule has 2 aliphatic rings. The summed E-state index contributed by atoms with van der Waals surface area (Å²) in [6.45, 7) is 11.4. The molecule has 19 heavy (non-hydrogen) atoms. The van der Waals surface area contributed by atoms with Gasteiger partial charge in [0.05, 0.1) is 18.8 Å². The van der Waals surface area contributed by atoms with Gasteiger partial charge in [-0.3, -0.25) is 0 Å². The Kier molecular flexibility index (Phi) is 5.23. The number of rotatable bonds is 6. The Balaban J connectivity index is 1.77. The number of hydrogen-bond acceptors (Lipinski definition) is 4. The second-order valence-corrected chi connectivity index (χ2v) is 6.25. The number of nitrogens with zero attached hydrogens (tertiary/aromatic N) is 1. The fourth-order valence-electron chi connectivity index (χ4n) is 3.33. The van der Waals surface area contributed by atoms with Crippen LogP contribution in [0.4, 0.5) is 0 Å². The van der Waals surface area contributed by atoms with Gasteiger partial charge in [0.2, 0.25) is 0 Å². The first-order valence-corrected chi connectivity index (χ1v) is 7.75. The van der Waals surface area contributed by atoms with E-state index < -0.39 is 0 Å². The molecule has 0 bridgehead atoms. The maximum atomic E-state index is 5.84. The Morgan fingerprint density at radius 1 is 1.42 bits per heavy atom. The molecule has 1 saturated carbocycles. The van der Waals surface area contributed by atoms with E-state index >= 15 is 0 Å². The number of nitrogens with one attached hydrogen (secondary N) is 1. The molecule has 2 rings (SSSR count). The zero-order valence-corrected chi connectivity index (χ0v) is 12.9. The maximum absolute atomic E-state index is 5.84. The third-order valence-corrected chi connectivity index (χ3v) is 5.04. The van der Waals surface area contributed by atoms with E-state index in [9.17, 15) is 0 Å². The summed E-state index contributed by atoms with van der Waals surface area (Å²) in [5.74, 6) is 0. The van der Waals surface area contributed by atoms with Gasteiger partial charge in [-0.2, -0.15) is 0 Å². The van der Waals surface area contributed by atoms with Crippen molar-refractivity contribution in [2.75, 3.05) is 39.9 Å². The van der Waals surface area contributed by atoms with Crippen molar-refractivity contribution in [3.63, 3.8) is 0 Å². The highest BCUT2D eigenvalue weighted by molar-refractivity contribution is 5.05. The Morgan fingerprint density at radius 3 is 2.84 bits per heavy atom. The first kappa shape index (κ1) is 15.2. The Labute approximate surface area is 117 Å². The molecule has 1 saturated heterocycles. The predicted octanol–water partition coefficient (Wildman–Crippen LogP) is 1.50. The second kappa shape index (κ2) is 6.53. The Bertz CT molecular complexity index is 287. The predicted molar refractivity (Wildman–Crippen MR) is 77.5 cm³/mol. The van der Waals surface area contributed by atoms with Crippen LogP contribution >= 0.6 is 0 Å². The van der Waals surface area contributed by atoms with Crippen LogP contribution in [0.3, 0.4) is 0 Å². The van der Waals surface area contributed by atoms with Gasteiger partial charge in [0.1, 0.15) is 0 Å². The van der Waals surface area contributed by atoms with Crippen molar-refractivity contribution in [3.8, 4) is 0 Å². The molecule has 0 aromatic rings. The van der Waals surface area contributed by atoms with Crippen molar-refractivity contribution in [2.24, 2.45) is 5.41 Å². The average Bonchev–Trinajstić information content (AvgIpc) is 2.41. The van der Waals surface area contributed by atoms with Gasteiger partial charge in [0.15, 0.2) is 0 Å². The van der Waals surface area contributed by atoms with Crippen molar-refractivity contribution >= 4 is 0 Å². The minimum Gasteiger partial charge on any atom is -0.378 e. The molecule has 1 N–H and O–H groups in total. The van der Waals surface area contributed by atoms with E-state index in [0.717, 1.165) is 39.3 Å². The zero-order chi connectivity index (χ0) is 13.9. The van der Waals surface area contributed by atoms with Crippen LogP contribution < -0.4 is 5.32 Å². The third kappa shape index (κ3) is 3.30. The van der Waals surface area contributed by atoms with Crippen molar-refractivity contribution in [1.82, 2.24) is 10.2 Å². The lowest BCUT2D eigenvalue weighted by atomic mass is 9.61. The SMILES string of the molecule is CCOC1CC(NCC2CN(C)CCO2)C1(C)CC. The average molecular weight is 270 g/mol. The first-order chi connectivity index (χ1) is 9.10. The van der Waals surface area contributed by atoms with Crippen molar-refractivity contribution in [3.05, 3.63) is 0 Å². The molecule has 1 aliphatic carbocycles. The van der Waals surface area contributed by atoms with Gasteiger partial charge in [0, 0.05) is 37.7 Å². The molecule has 112 valence electrons. The van der Waals surface area contributed by atoms with Crippen LogP contribution in [0, 0.1) is 5.41 Å². The van der Waals surface area contributed by atoms with Crippen LogP contribution in [0.15, 0.2) is 0 Å². The van der Waals surface area contributed by atoms with E-state index in [4.69, 9.17) is 9.47 Å². The molecule has 1 aliphatic heterocycles. The molecule has 2 fully saturated rings. The minimum atomic E-state index is 0.288. The van der Waals surface area contributed by atoms with Crippen molar-refractivity contribution in [1.29, 1.82) is 0 Å². The summed E-state index contributed by atoms with van der Waals surface area (Å²) < 4.78 is 11.7. The molecule has 0 amide bonds. The van der Waals surface area contributed by atoms with Crippen LogP contribution in [-0.4, -0.2) is 63.0 Å². The monoisotopic (exact) mass is 270 g/mol. The Morgan fingerprint density at radius 2 is 2.21 bits per heavy atom. The lowest BCUT2D eigenvalue weighted by Crippen LogP contribution is -2.63. The molecule has 4 nitrogen and oxygen atoms in total. The fraction of sp³-hybridized carbons (Fsp3) is 1.00. The van der Waals surface area contributed by atoms with E-state index in [-0.39, 0.29) is 5.41 Å². The maximum Gasteiger partial charge on any atom is 0.0826 e. The Hall–Kier alpha value is -0.160. The highest BCUT2D eigenvalue weighted by atomic mass is 16.5. The van der Waals surface area contributed by atoms with Gasteiger partial charge < -0.3 is 19.7 Å². The van der Waals surface area contributed by atoms with Crippen molar-refractivity contribution < 1.29 is 9.47 Å². The molecule has 4 heteroatoms. The summed E-state index contributed by atoms with van der Waals surface area (Å²) >= 11 is 0. The standard InChI is InChI=1S/C15H30N2O2/c1-5-15(3)13(9-14(15)18-6-2)16-10-12-11-17(4)7-8-19-12/h12-14,16H,5-11H2,1-4H3. The number of likely N-dealkylation sites (N-methyl/N-ethyl adjacent to an activating group) is 1. The molecule has 0 aromatic heterocycles. The summed E-state index contributed by atoms with van der Waals surface area (Å²) in [7, 11) is 2.17. The first-order valence-electron chi connectivity index (χ1n) is 7.75. The highest BCUT2D eigenvalue weighted by Gasteiger charge is 2.50. The fourth-order valence-corrected chi connectivity index (χ4v) is 3.33. The van der Waals surface area contributed by atoms with Gasteiger partial charge in [0.25, 0.3) is 0 Å². The third-order valence-electron chi connectivity index (χ3n) is 5.04. The summed E-state index contributed by atoms with van der Waals surface area (Å²) in [5.41, 5.74) is 0.288. The minimum absolute atomic E-state index is 0.288. The van der Waals surface area contributed by atoms with Gasteiger partial charge >= 0.3 is 0 Å². The van der Waals surface area contributed by atoms with Crippen LogP contribution in [0.25, 0.3) is 0 Å². The van der Waals surface area contributed by atoms with E-state index in [1.54, 1.807) is 0 Å². The second-order valence-electron chi connectivity index (χ2n) is 6.25. The smallest absolute Gasteiger partial charge is 0.0826 e. The lowest BCUT2D eigenvalue weighted by molar-refractivity contribution is -0.129. The lowest BCUT2D eigenvalue weighted by Gasteiger charge is -2.54. The molecule has 1 heterocycles. The molecule has 4 atom stereocenters. The van der Waals surface area contributed by atoms with Crippen LogP contribution in [0.1, 0.15) is 33.6 Å². The number of morpholine rings is 1. The quantitative estimate of drug-likeness (QED) is 0.793. The van der Waals surface area contributed by atoms with Crippen LogP contribution in [0.2, 0.25) is 0 Å². The largest absolute Gasteiger partial charge is 0.378 e. The molecule has 0 spiro atoms. The molecule has 4 unspecified atom stereocenters. The zero-order valence-electron chi connectivity index (χ0n) is 12.9. The van der Waals surface area contributed by atoms with E-state index in [1.807, 2.05) is 0 Å². The normalized spacial score (nSPS) is 40.1. The summed E-state index contributed by atoms with van der Waals surface area (Å²) in [6, 6.07) is 0.574. The van der Waals surface area contributed by atoms with E-state index in [1.165, 1.54) is 6.42 Å². The van der Waals surface area contributed by atoms with Crippen LogP contribution in [0.5, 0.6) is 0 Å². The molecular weight excluding hydrogens is 240 g/mol. The topological polar surface area (TPSA) is 33.7 Å². The van der Waals surface area contributed by atoms with Crippen LogP contribution in [-0.2, 0) is 9.47 Å². The summed E-state index contributed by atoms with van der Waals surface area (Å²) in [5, 5.41) is 3.71. The number of ether oxygens (including phenoxy) is 2. The molecule has 0 aromatic carbocycles. The highest BCUT2D eigenvalue weighted by Crippen LogP contribution is 2.45. The van der Waals surface area contributed by atoms with Gasteiger partial charge in [-0.05, 0) is 26.8 Å². The van der Waals surface area contributed by atoms with Crippen molar-refractivity contribution in [2.45, 2.75) is 51.9 Å². The number of hydrogen-bond donors (Lipinski definition) is 1.